The van der Waals surface area contributed by atoms with Crippen molar-refractivity contribution in [3.63, 3.8) is 0 Å². The second-order valence-electron chi connectivity index (χ2n) is 5.03. The summed E-state index contributed by atoms with van der Waals surface area (Å²) in [6.45, 7) is 0. The monoisotopic (exact) mass is 346 g/mol. The minimum atomic E-state index is -2.55. The molecule has 2 heterocycles. The van der Waals surface area contributed by atoms with Crippen LogP contribution in [0.15, 0.2) is 55.0 Å². The molecule has 0 saturated heterocycles. The molecule has 4 nitrogen and oxygen atoms in total. The van der Waals surface area contributed by atoms with Crippen LogP contribution in [0.4, 0.5) is 13.2 Å². The normalized spacial score (nSPS) is 10.8. The largest absolute Gasteiger partial charge is 0.493 e. The fourth-order valence-electron chi connectivity index (χ4n) is 2.29. The maximum absolute atomic E-state index is 13.9. The second kappa shape index (κ2) is 7.21. The van der Waals surface area contributed by atoms with Crippen molar-refractivity contribution < 1.29 is 22.6 Å². The Kier molecular flexibility index (Phi) is 4.83. The van der Waals surface area contributed by atoms with Gasteiger partial charge in [-0.15, -0.1) is 0 Å². The summed E-state index contributed by atoms with van der Waals surface area (Å²) >= 11 is 0. The van der Waals surface area contributed by atoms with Gasteiger partial charge in [0, 0.05) is 23.5 Å². The lowest BCUT2D eigenvalue weighted by Gasteiger charge is -2.13. The van der Waals surface area contributed by atoms with Crippen LogP contribution in [0.25, 0.3) is 11.1 Å². The zero-order valence-corrected chi connectivity index (χ0v) is 13.1. The van der Waals surface area contributed by atoms with Gasteiger partial charge in [-0.25, -0.2) is 18.2 Å². The van der Waals surface area contributed by atoms with Gasteiger partial charge in [-0.05, 0) is 36.4 Å². The van der Waals surface area contributed by atoms with Crippen LogP contribution < -0.4 is 9.47 Å². The fourth-order valence-corrected chi connectivity index (χ4v) is 2.29. The van der Waals surface area contributed by atoms with Gasteiger partial charge in [0.05, 0.1) is 18.9 Å². The predicted octanol–water partition coefficient (Wildman–Crippen LogP) is 5.02. The molecule has 25 heavy (non-hydrogen) atoms. The van der Waals surface area contributed by atoms with E-state index in [0.717, 1.165) is 6.20 Å². The number of benzene rings is 1. The van der Waals surface area contributed by atoms with Crippen molar-refractivity contribution in [2.75, 3.05) is 7.11 Å². The van der Waals surface area contributed by atoms with Crippen molar-refractivity contribution in [2.24, 2.45) is 0 Å². The van der Waals surface area contributed by atoms with Crippen LogP contribution in [-0.2, 0) is 0 Å². The average molecular weight is 346 g/mol. The van der Waals surface area contributed by atoms with E-state index in [1.807, 2.05) is 0 Å². The van der Waals surface area contributed by atoms with E-state index in [1.54, 1.807) is 12.1 Å². The summed E-state index contributed by atoms with van der Waals surface area (Å²) in [4.78, 5) is 7.96. The smallest absolute Gasteiger partial charge is 0.263 e. The third-order valence-electron chi connectivity index (χ3n) is 3.47. The molecule has 0 aliphatic rings. The van der Waals surface area contributed by atoms with Gasteiger partial charge in [0.15, 0.2) is 11.6 Å². The molecule has 3 rings (SSSR count). The molecule has 0 aliphatic heterocycles. The van der Waals surface area contributed by atoms with E-state index in [2.05, 4.69) is 9.97 Å². The number of aromatic nitrogens is 2. The lowest BCUT2D eigenvalue weighted by Crippen LogP contribution is -1.97. The third kappa shape index (κ3) is 3.55. The fraction of sp³-hybridized carbons (Fsp3) is 0.111. The summed E-state index contributed by atoms with van der Waals surface area (Å²) in [5.41, 5.74) is 0.726. The second-order valence-corrected chi connectivity index (χ2v) is 5.03. The molecule has 0 spiro atoms. The Bertz CT molecular complexity index is 870. The summed E-state index contributed by atoms with van der Waals surface area (Å²) < 4.78 is 49.9. The van der Waals surface area contributed by atoms with Crippen molar-refractivity contribution in [3.05, 3.63) is 66.4 Å². The molecule has 0 atom stereocenters. The Morgan fingerprint density at radius 3 is 2.44 bits per heavy atom. The highest BCUT2D eigenvalue weighted by atomic mass is 19.3. The van der Waals surface area contributed by atoms with Crippen molar-refractivity contribution >= 4 is 0 Å². The Morgan fingerprint density at radius 2 is 1.76 bits per heavy atom. The maximum atomic E-state index is 13.9. The zero-order chi connectivity index (χ0) is 17.8. The van der Waals surface area contributed by atoms with E-state index in [-0.39, 0.29) is 17.2 Å². The van der Waals surface area contributed by atoms with Crippen LogP contribution in [0, 0.1) is 5.82 Å². The van der Waals surface area contributed by atoms with E-state index in [4.69, 9.17) is 9.47 Å². The molecule has 0 unspecified atom stereocenters. The number of nitrogens with zero attached hydrogens (tertiary/aromatic N) is 2. The van der Waals surface area contributed by atoms with E-state index >= 15 is 0 Å². The number of pyridine rings is 2. The molecular formula is C18H13F3N2O2. The molecule has 0 bridgehead atoms. The first kappa shape index (κ1) is 16.8. The highest BCUT2D eigenvalue weighted by molar-refractivity contribution is 5.74. The molecule has 7 heteroatoms. The Labute approximate surface area is 141 Å². The van der Waals surface area contributed by atoms with Crippen LogP contribution >= 0.6 is 0 Å². The predicted molar refractivity (Wildman–Crippen MR) is 85.5 cm³/mol. The van der Waals surface area contributed by atoms with E-state index < -0.39 is 12.2 Å². The first-order valence-electron chi connectivity index (χ1n) is 7.29. The van der Waals surface area contributed by atoms with Gasteiger partial charge in [-0.2, -0.15) is 0 Å². The molecule has 0 amide bonds. The van der Waals surface area contributed by atoms with Crippen LogP contribution in [0.2, 0.25) is 0 Å². The number of hydrogen-bond donors (Lipinski definition) is 0. The number of halogens is 3. The molecule has 0 N–H and O–H groups in total. The Balaban J connectivity index is 1.98. The van der Waals surface area contributed by atoms with Crippen molar-refractivity contribution in [2.45, 2.75) is 6.43 Å². The van der Waals surface area contributed by atoms with Gasteiger partial charge in [0.25, 0.3) is 6.43 Å². The summed E-state index contributed by atoms with van der Waals surface area (Å²) in [6.07, 6.45) is 1.43. The lowest BCUT2D eigenvalue weighted by molar-refractivity contribution is 0.151. The van der Waals surface area contributed by atoms with Gasteiger partial charge >= 0.3 is 0 Å². The summed E-state index contributed by atoms with van der Waals surface area (Å²) in [7, 11) is 1.35. The minimum Gasteiger partial charge on any atom is -0.493 e. The molecule has 128 valence electrons. The summed E-state index contributed by atoms with van der Waals surface area (Å²) in [5.74, 6) is -0.0948. The number of ether oxygens (including phenoxy) is 2. The van der Waals surface area contributed by atoms with Crippen LogP contribution in [0.5, 0.6) is 17.4 Å². The molecule has 1 aromatic carbocycles. The van der Waals surface area contributed by atoms with Gasteiger partial charge in [-0.1, -0.05) is 0 Å². The number of rotatable bonds is 5. The molecule has 2 aromatic heterocycles. The van der Waals surface area contributed by atoms with Crippen molar-refractivity contribution in [1.29, 1.82) is 0 Å². The minimum absolute atomic E-state index is 0.0147. The number of methoxy groups -OCH3 is 1. The lowest BCUT2D eigenvalue weighted by atomic mass is 10.1. The van der Waals surface area contributed by atoms with Crippen LogP contribution in [0.3, 0.4) is 0 Å². The average Bonchev–Trinajstić information content (AvgIpc) is 2.62. The van der Waals surface area contributed by atoms with Crippen LogP contribution in [-0.4, -0.2) is 17.1 Å². The van der Waals surface area contributed by atoms with Crippen LogP contribution in [0.1, 0.15) is 12.0 Å². The summed E-state index contributed by atoms with van der Waals surface area (Å²) in [6, 6.07) is 8.71. The topological polar surface area (TPSA) is 44.2 Å². The first-order chi connectivity index (χ1) is 12.1. The molecule has 0 aliphatic carbocycles. The number of alkyl halides is 2. The van der Waals surface area contributed by atoms with Crippen molar-refractivity contribution in [1.82, 2.24) is 9.97 Å². The third-order valence-corrected chi connectivity index (χ3v) is 3.47. The van der Waals surface area contributed by atoms with Crippen molar-refractivity contribution in [3.8, 4) is 28.5 Å². The van der Waals surface area contributed by atoms with E-state index in [0.29, 0.717) is 16.9 Å². The summed E-state index contributed by atoms with van der Waals surface area (Å²) in [5, 5.41) is 0. The highest BCUT2D eigenvalue weighted by Gasteiger charge is 2.17. The van der Waals surface area contributed by atoms with E-state index in [1.165, 1.54) is 43.8 Å². The number of hydrogen-bond acceptors (Lipinski definition) is 4. The molecular weight excluding hydrogens is 333 g/mol. The van der Waals surface area contributed by atoms with E-state index in [9.17, 15) is 13.2 Å². The molecule has 3 aromatic rings. The first-order valence-corrected chi connectivity index (χ1v) is 7.29. The zero-order valence-electron chi connectivity index (χ0n) is 13.1. The van der Waals surface area contributed by atoms with Gasteiger partial charge in [0.1, 0.15) is 5.75 Å². The SMILES string of the molecule is COc1c(F)cncc1-c1cccnc1Oc1ccc(C(F)F)cc1. The maximum Gasteiger partial charge on any atom is 0.263 e. The molecule has 0 fully saturated rings. The molecule has 0 saturated carbocycles. The molecule has 0 radical (unpaired) electrons. The van der Waals surface area contributed by atoms with Gasteiger partial charge in [-0.3, -0.25) is 4.98 Å². The Hall–Kier alpha value is -3.09. The Morgan fingerprint density at radius 1 is 1.00 bits per heavy atom. The van der Waals surface area contributed by atoms with Gasteiger partial charge < -0.3 is 9.47 Å². The highest BCUT2D eigenvalue weighted by Crippen LogP contribution is 2.37. The standard InChI is InChI=1S/C18H13F3N2O2/c1-24-16-14(9-22-10-15(16)19)13-3-2-8-23-18(13)25-12-6-4-11(5-7-12)17(20)21/h2-10,17H,1H3. The quantitative estimate of drug-likeness (QED) is 0.651. The van der Waals surface area contributed by atoms with Gasteiger partial charge in [0.2, 0.25) is 5.88 Å².